The van der Waals surface area contributed by atoms with E-state index in [0.717, 1.165) is 29.8 Å². The normalized spacial score (nSPS) is 25.1. The van der Waals surface area contributed by atoms with Gasteiger partial charge >= 0.3 is 0 Å². The lowest BCUT2D eigenvalue weighted by atomic mass is 9.96. The van der Waals surface area contributed by atoms with Crippen LogP contribution in [-0.4, -0.2) is 22.0 Å². The van der Waals surface area contributed by atoms with Crippen molar-refractivity contribution in [3.63, 3.8) is 0 Å². The average Bonchev–Trinajstić information content (AvgIpc) is 2.44. The Labute approximate surface area is 132 Å². The van der Waals surface area contributed by atoms with Crippen molar-refractivity contribution in [2.75, 3.05) is 6.54 Å². The molecule has 1 aliphatic rings. The fraction of sp³-hybridized carbons (Fsp3) is 0.667. The first-order chi connectivity index (χ1) is 10.1. The van der Waals surface area contributed by atoms with Crippen LogP contribution in [0.25, 0.3) is 0 Å². The number of aryl methyl sites for hydroxylation is 2. The molecule has 0 heterocycles. The lowest BCUT2D eigenvalue weighted by Crippen LogP contribution is -2.42. The zero-order valence-electron chi connectivity index (χ0n) is 13.7. The summed E-state index contributed by atoms with van der Waals surface area (Å²) in [5.74, 6) is 0. The molecule has 0 bridgehead atoms. The van der Waals surface area contributed by atoms with E-state index in [-0.39, 0.29) is 5.25 Å². The maximum Gasteiger partial charge on any atom is 0.0579 e. The van der Waals surface area contributed by atoms with Crippen molar-refractivity contribution in [3.05, 3.63) is 29.3 Å². The predicted molar refractivity (Wildman–Crippen MR) is 91.3 cm³/mol. The van der Waals surface area contributed by atoms with Gasteiger partial charge in [0.2, 0.25) is 0 Å². The molecule has 1 aliphatic carbocycles. The van der Waals surface area contributed by atoms with Gasteiger partial charge in [0.1, 0.15) is 0 Å². The van der Waals surface area contributed by atoms with Crippen LogP contribution >= 0.6 is 0 Å². The Hall–Kier alpha value is -0.670. The molecule has 0 spiro atoms. The summed E-state index contributed by atoms with van der Waals surface area (Å²) in [5, 5.41) is 3.85. The summed E-state index contributed by atoms with van der Waals surface area (Å²) in [5.41, 5.74) is 2.37. The SMILES string of the molecule is CCNC1CCCCCCC1S(=O)c1cc(C)ccc1C. The molecular formula is C18H29NOS. The van der Waals surface area contributed by atoms with Gasteiger partial charge in [0.25, 0.3) is 0 Å². The quantitative estimate of drug-likeness (QED) is 0.907. The third kappa shape index (κ3) is 4.40. The highest BCUT2D eigenvalue weighted by Crippen LogP contribution is 2.27. The second-order valence-corrected chi connectivity index (χ2v) is 7.90. The van der Waals surface area contributed by atoms with Gasteiger partial charge in [0.05, 0.1) is 16.0 Å². The average molecular weight is 308 g/mol. The van der Waals surface area contributed by atoms with Crippen LogP contribution in [-0.2, 0) is 10.8 Å². The van der Waals surface area contributed by atoms with E-state index in [0.29, 0.717) is 6.04 Å². The van der Waals surface area contributed by atoms with Crippen LogP contribution in [0.4, 0.5) is 0 Å². The van der Waals surface area contributed by atoms with Crippen molar-refractivity contribution in [1.82, 2.24) is 5.32 Å². The lowest BCUT2D eigenvalue weighted by molar-refractivity contribution is 0.400. The monoisotopic (exact) mass is 307 g/mol. The maximum atomic E-state index is 13.2. The molecule has 0 aliphatic heterocycles. The van der Waals surface area contributed by atoms with Crippen molar-refractivity contribution >= 4 is 10.8 Å². The zero-order valence-corrected chi connectivity index (χ0v) is 14.5. The number of benzene rings is 1. The highest BCUT2D eigenvalue weighted by atomic mass is 32.2. The van der Waals surface area contributed by atoms with Crippen molar-refractivity contribution < 1.29 is 4.21 Å². The molecule has 1 aromatic rings. The van der Waals surface area contributed by atoms with E-state index in [1.807, 2.05) is 0 Å². The van der Waals surface area contributed by atoms with Crippen molar-refractivity contribution in [3.8, 4) is 0 Å². The lowest BCUT2D eigenvalue weighted by Gasteiger charge is -2.30. The Balaban J connectivity index is 2.25. The molecule has 1 N–H and O–H groups in total. The first-order valence-corrected chi connectivity index (χ1v) is 9.56. The molecule has 0 aromatic heterocycles. The van der Waals surface area contributed by atoms with Crippen molar-refractivity contribution in [1.29, 1.82) is 0 Å². The highest BCUT2D eigenvalue weighted by Gasteiger charge is 2.28. The number of nitrogens with one attached hydrogen (secondary N) is 1. The van der Waals surface area contributed by atoms with Gasteiger partial charge in [-0.05, 0) is 50.4 Å². The first kappa shape index (κ1) is 16.7. The molecule has 2 rings (SSSR count). The summed E-state index contributed by atoms with van der Waals surface area (Å²) >= 11 is 0. The number of hydrogen-bond acceptors (Lipinski definition) is 2. The smallest absolute Gasteiger partial charge is 0.0579 e. The molecular weight excluding hydrogens is 278 g/mol. The summed E-state index contributed by atoms with van der Waals surface area (Å²) in [7, 11) is -0.905. The van der Waals surface area contributed by atoms with E-state index in [1.54, 1.807) is 0 Å². The Morgan fingerprint density at radius 1 is 1.14 bits per heavy atom. The second-order valence-electron chi connectivity index (χ2n) is 6.26. The Morgan fingerprint density at radius 3 is 2.57 bits per heavy atom. The van der Waals surface area contributed by atoms with E-state index in [1.165, 1.54) is 31.2 Å². The third-order valence-electron chi connectivity index (χ3n) is 4.50. The molecule has 0 radical (unpaired) electrons. The topological polar surface area (TPSA) is 29.1 Å². The van der Waals surface area contributed by atoms with Gasteiger partial charge in [-0.15, -0.1) is 0 Å². The van der Waals surface area contributed by atoms with Crippen LogP contribution in [0, 0.1) is 13.8 Å². The van der Waals surface area contributed by atoms with Crippen LogP contribution in [0.5, 0.6) is 0 Å². The molecule has 3 atom stereocenters. The summed E-state index contributed by atoms with van der Waals surface area (Å²) in [4.78, 5) is 1.04. The van der Waals surface area contributed by atoms with Gasteiger partial charge < -0.3 is 5.32 Å². The highest BCUT2D eigenvalue weighted by molar-refractivity contribution is 7.85. The molecule has 118 valence electrons. The van der Waals surface area contributed by atoms with Gasteiger partial charge in [0, 0.05) is 10.9 Å². The van der Waals surface area contributed by atoms with E-state index in [4.69, 9.17) is 0 Å². The fourth-order valence-corrected chi connectivity index (χ4v) is 5.21. The second kappa shape index (κ2) is 8.09. The molecule has 2 nitrogen and oxygen atoms in total. The minimum absolute atomic E-state index is 0.255. The Kier molecular flexibility index (Phi) is 6.43. The minimum atomic E-state index is -0.905. The third-order valence-corrected chi connectivity index (χ3v) is 6.49. The van der Waals surface area contributed by atoms with Crippen molar-refractivity contribution in [2.24, 2.45) is 0 Å². The van der Waals surface area contributed by atoms with E-state index in [2.05, 4.69) is 44.3 Å². The van der Waals surface area contributed by atoms with Crippen LogP contribution in [0.1, 0.15) is 56.6 Å². The molecule has 1 aromatic carbocycles. The molecule has 3 heteroatoms. The fourth-order valence-electron chi connectivity index (χ4n) is 3.29. The summed E-state index contributed by atoms with van der Waals surface area (Å²) in [6, 6.07) is 6.73. The van der Waals surface area contributed by atoms with Crippen LogP contribution in [0.2, 0.25) is 0 Å². The largest absolute Gasteiger partial charge is 0.313 e. The van der Waals surface area contributed by atoms with E-state index in [9.17, 15) is 4.21 Å². The molecule has 1 saturated carbocycles. The maximum absolute atomic E-state index is 13.2. The van der Waals surface area contributed by atoms with Gasteiger partial charge in [-0.1, -0.05) is 44.7 Å². The van der Waals surface area contributed by atoms with Crippen molar-refractivity contribution in [2.45, 2.75) is 75.5 Å². The Morgan fingerprint density at radius 2 is 1.86 bits per heavy atom. The molecule has 0 amide bonds. The van der Waals surface area contributed by atoms with Gasteiger partial charge in [-0.25, -0.2) is 0 Å². The molecule has 21 heavy (non-hydrogen) atoms. The van der Waals surface area contributed by atoms with E-state index < -0.39 is 10.8 Å². The summed E-state index contributed by atoms with van der Waals surface area (Å²) in [6.07, 6.45) is 7.33. The number of hydrogen-bond donors (Lipinski definition) is 1. The van der Waals surface area contributed by atoms with Crippen LogP contribution in [0.3, 0.4) is 0 Å². The Bertz CT molecular complexity index is 486. The zero-order chi connectivity index (χ0) is 15.2. The van der Waals surface area contributed by atoms with Gasteiger partial charge in [0.15, 0.2) is 0 Å². The molecule has 0 saturated heterocycles. The van der Waals surface area contributed by atoms with E-state index >= 15 is 0 Å². The van der Waals surface area contributed by atoms with Crippen LogP contribution in [0.15, 0.2) is 23.1 Å². The number of rotatable bonds is 4. The minimum Gasteiger partial charge on any atom is -0.313 e. The summed E-state index contributed by atoms with van der Waals surface area (Å²) in [6.45, 7) is 7.28. The molecule has 3 unspecified atom stereocenters. The summed E-state index contributed by atoms with van der Waals surface area (Å²) < 4.78 is 13.2. The predicted octanol–water partition coefficient (Wildman–Crippen LogP) is 4.11. The van der Waals surface area contributed by atoms with Gasteiger partial charge in [-0.2, -0.15) is 0 Å². The standard InChI is InChI=1S/C18H29NOS/c1-4-19-16-9-7-5-6-8-10-17(16)21(20)18-13-14(2)11-12-15(18)3/h11-13,16-17,19H,4-10H2,1-3H3. The van der Waals surface area contributed by atoms with Crippen LogP contribution < -0.4 is 5.32 Å². The first-order valence-electron chi connectivity index (χ1n) is 8.34. The molecule has 1 fully saturated rings. The van der Waals surface area contributed by atoms with Gasteiger partial charge in [-0.3, -0.25) is 4.21 Å².